The number of ether oxygens (including phenoxy) is 6. The summed E-state index contributed by atoms with van der Waals surface area (Å²) in [6, 6.07) is 20.7. The Bertz CT molecular complexity index is 1780. The van der Waals surface area contributed by atoms with Crippen molar-refractivity contribution >= 4 is 18.0 Å². The average Bonchev–Trinajstić information content (AvgIpc) is 3.53. The molecule has 10 heteroatoms. The number of hydrogen-bond acceptors (Lipinski definition) is 8. The number of carbonyl (C=O) groups is 2. The number of benzene rings is 4. The molecule has 0 amide bonds. The van der Waals surface area contributed by atoms with Crippen LogP contribution in [-0.4, -0.2) is 49.8 Å². The minimum absolute atomic E-state index is 0.0317. The molecule has 46 heavy (non-hydrogen) atoms. The van der Waals surface area contributed by atoms with Crippen molar-refractivity contribution in [2.45, 2.75) is 26.4 Å². The van der Waals surface area contributed by atoms with Gasteiger partial charge in [0.05, 0.1) is 26.4 Å². The molecule has 0 fully saturated rings. The average molecular weight is 627 g/mol. The summed E-state index contributed by atoms with van der Waals surface area (Å²) in [5, 5.41) is 20.0. The van der Waals surface area contributed by atoms with Crippen LogP contribution in [-0.2, 0) is 17.8 Å². The maximum absolute atomic E-state index is 12.7. The molecule has 5 rings (SSSR count). The first kappa shape index (κ1) is 31.8. The number of methoxy groups -OCH3 is 2. The van der Waals surface area contributed by atoms with Gasteiger partial charge in [0.1, 0.15) is 29.6 Å². The molecule has 0 atom stereocenters. The van der Waals surface area contributed by atoms with Crippen LogP contribution < -0.4 is 28.4 Å². The van der Waals surface area contributed by atoms with Crippen molar-refractivity contribution in [1.29, 1.82) is 0 Å². The van der Waals surface area contributed by atoms with Crippen molar-refractivity contribution in [2.75, 3.05) is 27.6 Å². The highest BCUT2D eigenvalue weighted by atomic mass is 16.7. The maximum atomic E-state index is 12.7. The van der Waals surface area contributed by atoms with Crippen LogP contribution >= 0.6 is 0 Å². The molecule has 0 aliphatic carbocycles. The zero-order chi connectivity index (χ0) is 32.6. The fourth-order valence-electron chi connectivity index (χ4n) is 5.13. The summed E-state index contributed by atoms with van der Waals surface area (Å²) in [5.74, 6) is 0.805. The number of carboxylic acids is 2. The maximum Gasteiger partial charge on any atom is 0.336 e. The van der Waals surface area contributed by atoms with E-state index in [-0.39, 0.29) is 31.0 Å². The molecule has 0 unspecified atom stereocenters. The second-order valence-electron chi connectivity index (χ2n) is 10.4. The molecule has 1 aliphatic heterocycles. The number of rotatable bonds is 14. The van der Waals surface area contributed by atoms with E-state index < -0.39 is 11.9 Å². The summed E-state index contributed by atoms with van der Waals surface area (Å²) in [7, 11) is 3.05. The summed E-state index contributed by atoms with van der Waals surface area (Å²) in [6.07, 6.45) is 2.39. The number of carboxylic acid groups (broad SMARTS) is 2. The lowest BCUT2D eigenvalue weighted by Crippen LogP contribution is -2.07. The van der Waals surface area contributed by atoms with Gasteiger partial charge in [-0.2, -0.15) is 0 Å². The summed E-state index contributed by atoms with van der Waals surface area (Å²) in [4.78, 5) is 24.5. The van der Waals surface area contributed by atoms with Gasteiger partial charge in [-0.1, -0.05) is 37.3 Å². The van der Waals surface area contributed by atoms with Crippen LogP contribution in [0.3, 0.4) is 0 Å². The van der Waals surface area contributed by atoms with E-state index in [1.165, 1.54) is 20.3 Å². The molecule has 0 aromatic heterocycles. The van der Waals surface area contributed by atoms with Crippen LogP contribution in [0.2, 0.25) is 0 Å². The molecule has 10 nitrogen and oxygen atoms in total. The number of aromatic carboxylic acids is 1. The summed E-state index contributed by atoms with van der Waals surface area (Å²) >= 11 is 0. The van der Waals surface area contributed by atoms with Gasteiger partial charge in [0.25, 0.3) is 0 Å². The van der Waals surface area contributed by atoms with Gasteiger partial charge in [-0.05, 0) is 48.4 Å². The third-order valence-corrected chi connectivity index (χ3v) is 7.37. The van der Waals surface area contributed by atoms with Gasteiger partial charge < -0.3 is 38.6 Å². The fraction of sp³-hybridized carbons (Fsp3) is 0.222. The molecule has 0 saturated heterocycles. The van der Waals surface area contributed by atoms with E-state index in [4.69, 9.17) is 28.4 Å². The van der Waals surface area contributed by atoms with Gasteiger partial charge in [0.15, 0.2) is 11.5 Å². The van der Waals surface area contributed by atoms with Crippen molar-refractivity contribution in [1.82, 2.24) is 0 Å². The molecule has 1 aliphatic rings. The predicted octanol–water partition coefficient (Wildman–Crippen LogP) is 6.88. The van der Waals surface area contributed by atoms with Gasteiger partial charge in [-0.15, -0.1) is 0 Å². The minimum atomic E-state index is -1.11. The lowest BCUT2D eigenvalue weighted by atomic mass is 9.94. The number of aliphatic carboxylic acids is 1. The van der Waals surface area contributed by atoms with Gasteiger partial charge in [-0.3, -0.25) is 0 Å². The number of fused-ring (bicyclic) bond motifs is 1. The lowest BCUT2D eigenvalue weighted by molar-refractivity contribution is -0.132. The molecular formula is C36H34O10. The van der Waals surface area contributed by atoms with Gasteiger partial charge in [0.2, 0.25) is 6.79 Å². The summed E-state index contributed by atoms with van der Waals surface area (Å²) in [5.41, 5.74) is 3.13. The van der Waals surface area contributed by atoms with Crippen molar-refractivity contribution in [3.8, 4) is 45.6 Å². The smallest absolute Gasteiger partial charge is 0.336 e. The van der Waals surface area contributed by atoms with Crippen LogP contribution in [0.25, 0.3) is 17.2 Å². The molecular weight excluding hydrogens is 592 g/mol. The molecule has 2 N–H and O–H groups in total. The molecule has 4 aromatic rings. The molecule has 0 bridgehead atoms. The highest BCUT2D eigenvalue weighted by molar-refractivity contribution is 5.96. The summed E-state index contributed by atoms with van der Waals surface area (Å²) < 4.78 is 34.4. The predicted molar refractivity (Wildman–Crippen MR) is 170 cm³/mol. The monoisotopic (exact) mass is 626 g/mol. The van der Waals surface area contributed by atoms with Crippen molar-refractivity contribution in [2.24, 2.45) is 0 Å². The van der Waals surface area contributed by atoms with Gasteiger partial charge in [0, 0.05) is 46.4 Å². The van der Waals surface area contributed by atoms with E-state index >= 15 is 0 Å². The second-order valence-corrected chi connectivity index (χ2v) is 10.4. The fourth-order valence-corrected chi connectivity index (χ4v) is 5.13. The first-order valence-electron chi connectivity index (χ1n) is 14.6. The first-order chi connectivity index (χ1) is 22.3. The third kappa shape index (κ3) is 7.02. The molecule has 0 radical (unpaired) electrons. The molecule has 4 aromatic carbocycles. The Hall–Kier alpha value is -5.64. The van der Waals surface area contributed by atoms with Crippen molar-refractivity contribution in [3.63, 3.8) is 0 Å². The van der Waals surface area contributed by atoms with Crippen LogP contribution in [0.4, 0.5) is 0 Å². The quantitative estimate of drug-likeness (QED) is 0.143. The number of hydrogen-bond donors (Lipinski definition) is 2. The molecule has 1 heterocycles. The Balaban J connectivity index is 1.61. The third-order valence-electron chi connectivity index (χ3n) is 7.37. The highest BCUT2D eigenvalue weighted by Crippen LogP contribution is 2.43. The molecule has 238 valence electrons. The first-order valence-corrected chi connectivity index (χ1v) is 14.6. The van der Waals surface area contributed by atoms with Crippen molar-refractivity contribution < 1.29 is 48.2 Å². The normalized spacial score (nSPS) is 12.0. The summed E-state index contributed by atoms with van der Waals surface area (Å²) in [6.45, 7) is 2.47. The lowest BCUT2D eigenvalue weighted by Gasteiger charge is -2.19. The van der Waals surface area contributed by atoms with Crippen LogP contribution in [0.5, 0.6) is 34.5 Å². The Morgan fingerprint density at radius 3 is 2.33 bits per heavy atom. The van der Waals surface area contributed by atoms with E-state index in [9.17, 15) is 19.8 Å². The highest BCUT2D eigenvalue weighted by Gasteiger charge is 2.22. The Morgan fingerprint density at radius 2 is 1.61 bits per heavy atom. The van der Waals surface area contributed by atoms with Gasteiger partial charge in [-0.25, -0.2) is 9.59 Å². The Morgan fingerprint density at radius 1 is 0.826 bits per heavy atom. The molecule has 0 spiro atoms. The minimum Gasteiger partial charge on any atom is -0.497 e. The van der Waals surface area contributed by atoms with Gasteiger partial charge >= 0.3 is 11.9 Å². The van der Waals surface area contributed by atoms with Crippen LogP contribution in [0.15, 0.2) is 78.4 Å². The molecule has 0 saturated carbocycles. The van der Waals surface area contributed by atoms with Crippen LogP contribution in [0.1, 0.15) is 40.4 Å². The van der Waals surface area contributed by atoms with Crippen molar-refractivity contribution in [3.05, 3.63) is 101 Å². The topological polar surface area (TPSA) is 130 Å². The van der Waals surface area contributed by atoms with Crippen LogP contribution in [0, 0.1) is 0 Å². The zero-order valence-electron chi connectivity index (χ0n) is 25.7. The van der Waals surface area contributed by atoms with E-state index in [2.05, 4.69) is 0 Å². The van der Waals surface area contributed by atoms with E-state index in [1.54, 1.807) is 54.6 Å². The Labute approximate surface area is 266 Å². The SMILES string of the molecule is CCCOc1cccc(/C=C(\Cc2cc3c(cc2OC)OCO3)C(=O)O)c1-c1ccc(OC)cc1OCc1ccccc1C(=O)O. The zero-order valence-corrected chi connectivity index (χ0v) is 25.7. The Kier molecular flexibility index (Phi) is 9.97. The second kappa shape index (κ2) is 14.4. The van der Waals surface area contributed by atoms with E-state index in [0.29, 0.717) is 68.9 Å². The standard InChI is InChI=1S/C36H34O10/c1-4-14-43-29-11-7-9-22(15-25(35(37)38)16-24-17-32-33(46-21-45-32)19-30(24)42-3)34(29)28-13-12-26(41-2)18-31(28)44-20-23-8-5-6-10-27(23)36(39)40/h5-13,15,17-19H,4,14,16,20-21H2,1-3H3,(H,37,38)(H,39,40)/b25-15+. The van der Waals surface area contributed by atoms with E-state index in [0.717, 1.165) is 6.42 Å². The van der Waals surface area contributed by atoms with E-state index in [1.807, 2.05) is 25.1 Å². The largest absolute Gasteiger partial charge is 0.497 e.